The van der Waals surface area contributed by atoms with Gasteiger partial charge in [0.2, 0.25) is 0 Å². The fourth-order valence-corrected chi connectivity index (χ4v) is 4.33. The van der Waals surface area contributed by atoms with Crippen molar-refractivity contribution in [2.75, 3.05) is 14.2 Å². The summed E-state index contributed by atoms with van der Waals surface area (Å²) in [6.45, 7) is 1.25. The molecule has 0 unspecified atom stereocenters. The van der Waals surface area contributed by atoms with Crippen LogP contribution in [0.3, 0.4) is 0 Å². The van der Waals surface area contributed by atoms with Crippen LogP contribution in [0.1, 0.15) is 24.2 Å². The van der Waals surface area contributed by atoms with Crippen molar-refractivity contribution in [3.8, 4) is 39.6 Å². The van der Waals surface area contributed by atoms with Crippen molar-refractivity contribution in [2.24, 2.45) is 0 Å². The average molecular weight is 443 g/mol. The van der Waals surface area contributed by atoms with Crippen LogP contribution in [0.25, 0.3) is 22.4 Å². The summed E-state index contributed by atoms with van der Waals surface area (Å²) in [6, 6.07) is 14.0. The van der Waals surface area contributed by atoms with Crippen molar-refractivity contribution in [3.05, 3.63) is 72.4 Å². The highest BCUT2D eigenvalue weighted by Gasteiger charge is 2.22. The second-order valence-electron chi connectivity index (χ2n) is 7.89. The molecule has 0 bridgehead atoms. The molecule has 3 aromatic heterocycles. The van der Waals surface area contributed by atoms with E-state index in [0.717, 1.165) is 35.5 Å². The largest absolute Gasteiger partial charge is 0.493 e. The van der Waals surface area contributed by atoms with Gasteiger partial charge in [0.05, 0.1) is 14.2 Å². The molecule has 4 heterocycles. The number of nitrogens with zero attached hydrogens (tertiary/aromatic N) is 4. The van der Waals surface area contributed by atoms with E-state index < -0.39 is 0 Å². The molecule has 7 heteroatoms. The predicted octanol–water partition coefficient (Wildman–Crippen LogP) is 4.94. The smallest absolute Gasteiger partial charge is 0.185 e. The third kappa shape index (κ3) is 4.14. The Labute approximate surface area is 193 Å². The van der Waals surface area contributed by atoms with Gasteiger partial charge in [-0.2, -0.15) is 5.10 Å². The average Bonchev–Trinajstić information content (AvgIpc) is 3.27. The first-order chi connectivity index (χ1) is 16.3. The van der Waals surface area contributed by atoms with E-state index in [1.165, 1.54) is 24.1 Å². The van der Waals surface area contributed by atoms with Crippen molar-refractivity contribution in [2.45, 2.75) is 32.4 Å². The summed E-state index contributed by atoms with van der Waals surface area (Å²) in [7, 11) is 3.21. The van der Waals surface area contributed by atoms with Gasteiger partial charge in [0, 0.05) is 48.0 Å². The highest BCUT2D eigenvalue weighted by molar-refractivity contribution is 5.83. The molecule has 168 valence electrons. The molecule has 0 fully saturated rings. The van der Waals surface area contributed by atoms with Gasteiger partial charge in [-0.3, -0.25) is 14.6 Å². The number of ether oxygens (including phenoxy) is 3. The van der Waals surface area contributed by atoms with Gasteiger partial charge in [-0.05, 0) is 49.1 Å². The predicted molar refractivity (Wildman–Crippen MR) is 126 cm³/mol. The zero-order valence-corrected chi connectivity index (χ0v) is 18.8. The quantitative estimate of drug-likeness (QED) is 0.404. The molecule has 0 amide bonds. The van der Waals surface area contributed by atoms with Gasteiger partial charge < -0.3 is 14.2 Å². The van der Waals surface area contributed by atoms with E-state index in [1.807, 2.05) is 36.7 Å². The molecule has 0 radical (unpaired) electrons. The van der Waals surface area contributed by atoms with Crippen LogP contribution in [0, 0.1) is 0 Å². The summed E-state index contributed by atoms with van der Waals surface area (Å²) < 4.78 is 19.0. The van der Waals surface area contributed by atoms with Crippen LogP contribution in [0.5, 0.6) is 17.2 Å². The Kier molecular flexibility index (Phi) is 5.93. The van der Waals surface area contributed by atoms with Gasteiger partial charge in [-0.25, -0.2) is 0 Å². The molecule has 7 nitrogen and oxygen atoms in total. The fourth-order valence-electron chi connectivity index (χ4n) is 4.33. The van der Waals surface area contributed by atoms with Crippen LogP contribution in [0.4, 0.5) is 0 Å². The minimum Gasteiger partial charge on any atom is -0.493 e. The van der Waals surface area contributed by atoms with Gasteiger partial charge in [0.15, 0.2) is 11.5 Å². The molecule has 0 saturated carbocycles. The lowest BCUT2D eigenvalue weighted by Gasteiger charge is -2.15. The monoisotopic (exact) mass is 442 g/mol. The molecule has 0 atom stereocenters. The summed E-state index contributed by atoms with van der Waals surface area (Å²) in [4.78, 5) is 8.54. The second-order valence-corrected chi connectivity index (χ2v) is 7.89. The van der Waals surface area contributed by atoms with E-state index in [-0.39, 0.29) is 6.61 Å². The van der Waals surface area contributed by atoms with Crippen LogP contribution in [-0.4, -0.2) is 34.0 Å². The SMILES string of the molecule is COc1ccnc(COc2ccc(-c3c(-c4ccncc4)nn4c3CCCC4)cc2)c1OC. The number of methoxy groups -OCH3 is 2. The van der Waals surface area contributed by atoms with Crippen molar-refractivity contribution < 1.29 is 14.2 Å². The van der Waals surface area contributed by atoms with Gasteiger partial charge in [0.25, 0.3) is 0 Å². The minimum absolute atomic E-state index is 0.283. The summed E-state index contributed by atoms with van der Waals surface area (Å²) in [6.07, 6.45) is 8.70. The van der Waals surface area contributed by atoms with E-state index in [9.17, 15) is 0 Å². The summed E-state index contributed by atoms with van der Waals surface area (Å²) in [5.74, 6) is 1.98. The zero-order chi connectivity index (χ0) is 22.6. The Morgan fingerprint density at radius 2 is 1.70 bits per heavy atom. The lowest BCUT2D eigenvalue weighted by molar-refractivity contribution is 0.285. The highest BCUT2D eigenvalue weighted by atomic mass is 16.5. The Morgan fingerprint density at radius 3 is 2.45 bits per heavy atom. The molecule has 0 aliphatic carbocycles. The van der Waals surface area contributed by atoms with Gasteiger partial charge in [0.1, 0.15) is 23.7 Å². The molecule has 0 N–H and O–H groups in total. The van der Waals surface area contributed by atoms with Crippen molar-refractivity contribution >= 4 is 0 Å². The molecule has 1 aliphatic rings. The highest BCUT2D eigenvalue weighted by Crippen LogP contribution is 2.37. The molecule has 0 spiro atoms. The number of benzene rings is 1. The maximum Gasteiger partial charge on any atom is 0.185 e. The number of aryl methyl sites for hydroxylation is 1. The van der Waals surface area contributed by atoms with Gasteiger partial charge >= 0.3 is 0 Å². The molecular formula is C26H26N4O3. The van der Waals surface area contributed by atoms with E-state index in [1.54, 1.807) is 26.5 Å². The first kappa shape index (κ1) is 21.0. The minimum atomic E-state index is 0.283. The maximum atomic E-state index is 6.01. The number of hydrogen-bond donors (Lipinski definition) is 0. The zero-order valence-electron chi connectivity index (χ0n) is 18.8. The molecule has 33 heavy (non-hydrogen) atoms. The normalized spacial score (nSPS) is 12.8. The summed E-state index contributed by atoms with van der Waals surface area (Å²) >= 11 is 0. The van der Waals surface area contributed by atoms with E-state index >= 15 is 0 Å². The number of hydrogen-bond acceptors (Lipinski definition) is 6. The van der Waals surface area contributed by atoms with Gasteiger partial charge in [-0.15, -0.1) is 0 Å². The van der Waals surface area contributed by atoms with Crippen LogP contribution in [0.15, 0.2) is 61.1 Å². The van der Waals surface area contributed by atoms with Crippen LogP contribution in [0.2, 0.25) is 0 Å². The first-order valence-electron chi connectivity index (χ1n) is 11.1. The third-order valence-electron chi connectivity index (χ3n) is 5.93. The Bertz CT molecular complexity index is 1240. The van der Waals surface area contributed by atoms with Gasteiger partial charge in [-0.1, -0.05) is 12.1 Å². The Balaban J connectivity index is 1.42. The van der Waals surface area contributed by atoms with E-state index in [0.29, 0.717) is 17.2 Å². The van der Waals surface area contributed by atoms with Crippen molar-refractivity contribution in [3.63, 3.8) is 0 Å². The molecule has 1 aliphatic heterocycles. The van der Waals surface area contributed by atoms with Crippen molar-refractivity contribution in [1.29, 1.82) is 0 Å². The van der Waals surface area contributed by atoms with Crippen molar-refractivity contribution in [1.82, 2.24) is 19.7 Å². The third-order valence-corrected chi connectivity index (χ3v) is 5.93. The number of fused-ring (bicyclic) bond motifs is 1. The van der Waals surface area contributed by atoms with E-state index in [2.05, 4.69) is 26.8 Å². The lowest BCUT2D eigenvalue weighted by atomic mass is 9.96. The molecule has 0 saturated heterocycles. The van der Waals surface area contributed by atoms with Crippen LogP contribution >= 0.6 is 0 Å². The molecule has 1 aromatic carbocycles. The van der Waals surface area contributed by atoms with Crippen LogP contribution in [-0.2, 0) is 19.6 Å². The number of aromatic nitrogens is 4. The Morgan fingerprint density at radius 1 is 0.879 bits per heavy atom. The summed E-state index contributed by atoms with van der Waals surface area (Å²) in [5.41, 5.74) is 6.41. The lowest BCUT2D eigenvalue weighted by Crippen LogP contribution is -2.11. The van der Waals surface area contributed by atoms with E-state index in [4.69, 9.17) is 19.3 Å². The molecule has 4 aromatic rings. The second kappa shape index (κ2) is 9.32. The first-order valence-corrected chi connectivity index (χ1v) is 11.1. The maximum absolute atomic E-state index is 6.01. The topological polar surface area (TPSA) is 71.3 Å². The number of rotatable bonds is 7. The standard InChI is InChI=1S/C26H26N4O3/c1-31-23-12-15-28-21(26(23)32-2)17-33-20-8-6-18(7-9-20)24-22-5-3-4-16-30(22)29-25(24)19-10-13-27-14-11-19/h6-15H,3-5,16-17H2,1-2H3. The fraction of sp³-hybridized carbons (Fsp3) is 0.269. The molecule has 5 rings (SSSR count). The van der Waals surface area contributed by atoms with Crippen LogP contribution < -0.4 is 14.2 Å². The number of pyridine rings is 2. The Hall–Kier alpha value is -3.87. The summed E-state index contributed by atoms with van der Waals surface area (Å²) in [5, 5.41) is 4.95. The molecular weight excluding hydrogens is 416 g/mol.